The number of hydrogen-bond acceptors (Lipinski definition) is 3. The molecule has 0 aromatic heterocycles. The molecule has 0 unspecified atom stereocenters. The lowest BCUT2D eigenvalue weighted by Gasteiger charge is -2.13. The Balaban J connectivity index is 2.45. The third-order valence-electron chi connectivity index (χ3n) is 3.24. The van der Waals surface area contributed by atoms with Crippen LogP contribution in [0.4, 0.5) is 10.1 Å². The van der Waals surface area contributed by atoms with Gasteiger partial charge in [0.2, 0.25) is 0 Å². The van der Waals surface area contributed by atoms with Crippen molar-refractivity contribution in [1.82, 2.24) is 0 Å². The van der Waals surface area contributed by atoms with Gasteiger partial charge in [-0.25, -0.2) is 12.8 Å². The highest BCUT2D eigenvalue weighted by molar-refractivity contribution is 7.92. The first-order valence-corrected chi connectivity index (χ1v) is 7.82. The van der Waals surface area contributed by atoms with Crippen molar-refractivity contribution in [3.05, 3.63) is 58.9 Å². The van der Waals surface area contributed by atoms with Crippen LogP contribution < -0.4 is 4.72 Å². The number of aliphatic hydroxyl groups is 1. The summed E-state index contributed by atoms with van der Waals surface area (Å²) in [6.07, 6.45) is 0. The molecule has 0 fully saturated rings. The Hall–Kier alpha value is -1.92. The van der Waals surface area contributed by atoms with Crippen molar-refractivity contribution in [2.24, 2.45) is 0 Å². The molecule has 2 aromatic carbocycles. The standard InChI is InChI=1S/C15H16FNO3S/c1-10-6-7-12(9-18)8-14(10)17-21(19,20)15-5-3-4-13(16)11(15)2/h3-8,17-18H,9H2,1-2H3. The van der Waals surface area contributed by atoms with Crippen LogP contribution in [0.15, 0.2) is 41.3 Å². The maximum absolute atomic E-state index is 13.5. The van der Waals surface area contributed by atoms with E-state index in [1.807, 2.05) is 0 Å². The fourth-order valence-electron chi connectivity index (χ4n) is 1.96. The predicted molar refractivity (Wildman–Crippen MR) is 79.0 cm³/mol. The molecule has 0 radical (unpaired) electrons. The predicted octanol–water partition coefficient (Wildman–Crippen LogP) is 2.74. The van der Waals surface area contributed by atoms with Crippen molar-refractivity contribution >= 4 is 15.7 Å². The molecule has 0 aliphatic carbocycles. The maximum Gasteiger partial charge on any atom is 0.262 e. The molecule has 0 heterocycles. The van der Waals surface area contributed by atoms with Crippen LogP contribution in [0.25, 0.3) is 0 Å². The largest absolute Gasteiger partial charge is 0.392 e. The lowest BCUT2D eigenvalue weighted by atomic mass is 10.1. The van der Waals surface area contributed by atoms with Gasteiger partial charge in [-0.3, -0.25) is 4.72 Å². The molecule has 2 N–H and O–H groups in total. The number of sulfonamides is 1. The van der Waals surface area contributed by atoms with E-state index in [-0.39, 0.29) is 17.1 Å². The van der Waals surface area contributed by atoms with Crippen molar-refractivity contribution in [2.75, 3.05) is 4.72 Å². The Morgan fingerprint density at radius 3 is 2.57 bits per heavy atom. The highest BCUT2D eigenvalue weighted by Crippen LogP contribution is 2.24. The van der Waals surface area contributed by atoms with Crippen molar-refractivity contribution in [1.29, 1.82) is 0 Å². The minimum Gasteiger partial charge on any atom is -0.392 e. The number of aryl methyl sites for hydroxylation is 1. The van der Waals surface area contributed by atoms with Gasteiger partial charge in [0.25, 0.3) is 10.0 Å². The molecule has 0 spiro atoms. The highest BCUT2D eigenvalue weighted by atomic mass is 32.2. The van der Waals surface area contributed by atoms with Gasteiger partial charge < -0.3 is 5.11 Å². The second kappa shape index (κ2) is 5.83. The summed E-state index contributed by atoms with van der Waals surface area (Å²) in [6, 6.07) is 8.90. The third kappa shape index (κ3) is 3.22. The zero-order valence-corrected chi connectivity index (χ0v) is 12.5. The van der Waals surface area contributed by atoms with Crippen LogP contribution in [0.3, 0.4) is 0 Å². The Kier molecular flexibility index (Phi) is 4.29. The summed E-state index contributed by atoms with van der Waals surface area (Å²) in [5, 5.41) is 9.12. The van der Waals surface area contributed by atoms with Gasteiger partial charge >= 0.3 is 0 Å². The molecule has 0 aliphatic heterocycles. The molecule has 0 atom stereocenters. The first-order chi connectivity index (χ1) is 9.85. The number of hydrogen-bond donors (Lipinski definition) is 2. The van der Waals surface area contributed by atoms with Crippen molar-refractivity contribution in [3.63, 3.8) is 0 Å². The quantitative estimate of drug-likeness (QED) is 0.912. The van der Waals surface area contributed by atoms with E-state index in [4.69, 9.17) is 5.11 Å². The van der Waals surface area contributed by atoms with E-state index in [9.17, 15) is 12.8 Å². The van der Waals surface area contributed by atoms with Gasteiger partial charge in [-0.1, -0.05) is 18.2 Å². The normalized spacial score (nSPS) is 11.4. The minimum absolute atomic E-state index is 0.0703. The van der Waals surface area contributed by atoms with Gasteiger partial charge in [-0.05, 0) is 43.2 Å². The summed E-state index contributed by atoms with van der Waals surface area (Å²) < 4.78 is 40.7. The van der Waals surface area contributed by atoms with Crippen LogP contribution >= 0.6 is 0 Å². The minimum atomic E-state index is -3.89. The second-order valence-electron chi connectivity index (χ2n) is 4.78. The Labute approximate surface area is 123 Å². The topological polar surface area (TPSA) is 66.4 Å². The first kappa shape index (κ1) is 15.5. The van der Waals surface area contributed by atoms with Crippen LogP contribution in [0.5, 0.6) is 0 Å². The molecule has 0 saturated carbocycles. The molecule has 2 rings (SSSR count). The summed E-state index contributed by atoms with van der Waals surface area (Å²) in [5.74, 6) is -0.571. The van der Waals surface area contributed by atoms with Gasteiger partial charge in [-0.15, -0.1) is 0 Å². The molecule has 0 saturated heterocycles. The maximum atomic E-state index is 13.5. The molecule has 2 aromatic rings. The van der Waals surface area contributed by atoms with E-state index in [1.165, 1.54) is 25.1 Å². The van der Waals surface area contributed by atoms with Crippen LogP contribution in [-0.4, -0.2) is 13.5 Å². The van der Waals surface area contributed by atoms with Gasteiger partial charge in [0.1, 0.15) is 5.82 Å². The average Bonchev–Trinajstić information content (AvgIpc) is 2.44. The average molecular weight is 309 g/mol. The Morgan fingerprint density at radius 2 is 1.90 bits per heavy atom. The van der Waals surface area contributed by atoms with Gasteiger partial charge in [-0.2, -0.15) is 0 Å². The zero-order valence-electron chi connectivity index (χ0n) is 11.7. The summed E-state index contributed by atoms with van der Waals surface area (Å²) >= 11 is 0. The van der Waals surface area contributed by atoms with Crippen LogP contribution in [0, 0.1) is 19.7 Å². The summed E-state index contributed by atoms with van der Waals surface area (Å²) in [5.41, 5.74) is 1.74. The zero-order chi connectivity index (χ0) is 15.6. The molecule has 4 nitrogen and oxygen atoms in total. The number of nitrogens with one attached hydrogen (secondary N) is 1. The molecule has 0 amide bonds. The summed E-state index contributed by atoms with van der Waals surface area (Å²) in [4.78, 5) is -0.101. The first-order valence-electron chi connectivity index (χ1n) is 6.33. The lowest BCUT2D eigenvalue weighted by Crippen LogP contribution is -2.15. The second-order valence-corrected chi connectivity index (χ2v) is 6.43. The summed E-state index contributed by atoms with van der Waals surface area (Å²) in [6.45, 7) is 2.98. The van der Waals surface area contributed by atoms with Gasteiger partial charge in [0.15, 0.2) is 0 Å². The van der Waals surface area contributed by atoms with Crippen molar-refractivity contribution in [3.8, 4) is 0 Å². The molecule has 21 heavy (non-hydrogen) atoms. The fourth-order valence-corrected chi connectivity index (χ4v) is 3.33. The fraction of sp³-hybridized carbons (Fsp3) is 0.200. The molecule has 0 aliphatic rings. The van der Waals surface area contributed by atoms with Crippen LogP contribution in [-0.2, 0) is 16.6 Å². The van der Waals surface area contributed by atoms with E-state index in [1.54, 1.807) is 25.1 Å². The highest BCUT2D eigenvalue weighted by Gasteiger charge is 2.19. The number of anilines is 1. The molecular weight excluding hydrogens is 293 g/mol. The van der Waals surface area contributed by atoms with E-state index in [0.29, 0.717) is 16.8 Å². The smallest absolute Gasteiger partial charge is 0.262 e. The van der Waals surface area contributed by atoms with Crippen molar-refractivity contribution in [2.45, 2.75) is 25.3 Å². The number of halogens is 1. The van der Waals surface area contributed by atoms with E-state index in [0.717, 1.165) is 0 Å². The Bertz CT molecular complexity index is 772. The van der Waals surface area contributed by atoms with E-state index >= 15 is 0 Å². The third-order valence-corrected chi connectivity index (χ3v) is 4.75. The lowest BCUT2D eigenvalue weighted by molar-refractivity contribution is 0.282. The molecule has 0 bridgehead atoms. The van der Waals surface area contributed by atoms with E-state index in [2.05, 4.69) is 4.72 Å². The molecule has 6 heteroatoms. The molecular formula is C15H16FNO3S. The number of aliphatic hydroxyl groups excluding tert-OH is 1. The summed E-state index contributed by atoms with van der Waals surface area (Å²) in [7, 11) is -3.89. The van der Waals surface area contributed by atoms with Crippen LogP contribution in [0.1, 0.15) is 16.7 Å². The number of rotatable bonds is 4. The van der Waals surface area contributed by atoms with Crippen molar-refractivity contribution < 1.29 is 17.9 Å². The van der Waals surface area contributed by atoms with Gasteiger partial charge in [0.05, 0.1) is 17.2 Å². The molecule has 112 valence electrons. The Morgan fingerprint density at radius 1 is 1.19 bits per heavy atom. The van der Waals surface area contributed by atoms with E-state index < -0.39 is 15.8 Å². The monoisotopic (exact) mass is 309 g/mol. The van der Waals surface area contributed by atoms with Crippen LogP contribution in [0.2, 0.25) is 0 Å². The SMILES string of the molecule is Cc1ccc(CO)cc1NS(=O)(=O)c1cccc(F)c1C. The number of benzene rings is 2. The van der Waals surface area contributed by atoms with Gasteiger partial charge in [0, 0.05) is 5.56 Å².